The highest BCUT2D eigenvalue weighted by Gasteiger charge is 2.40. The molecule has 27 heavy (non-hydrogen) atoms. The number of nitrogens with zero attached hydrogens (tertiary/aromatic N) is 1. The summed E-state index contributed by atoms with van der Waals surface area (Å²) in [7, 11) is 0. The summed E-state index contributed by atoms with van der Waals surface area (Å²) in [5, 5.41) is 17.2. The summed E-state index contributed by atoms with van der Waals surface area (Å²) >= 11 is 1.63. The van der Waals surface area contributed by atoms with E-state index in [1.807, 2.05) is 26.0 Å². The number of thiophene rings is 1. The van der Waals surface area contributed by atoms with Gasteiger partial charge in [-0.1, -0.05) is 13.8 Å². The Kier molecular flexibility index (Phi) is 4.27. The van der Waals surface area contributed by atoms with Crippen LogP contribution in [0.1, 0.15) is 42.0 Å². The van der Waals surface area contributed by atoms with Gasteiger partial charge in [0.15, 0.2) is 5.90 Å². The number of Topliss-reactive ketones (excluding diaryl/α,β-unsaturated/α-hetero) is 1. The van der Waals surface area contributed by atoms with Crippen LogP contribution in [0.4, 0.5) is 0 Å². The fourth-order valence-corrected chi connectivity index (χ4v) is 4.97. The molecule has 1 saturated heterocycles. The molecule has 1 N–H and O–H groups in total. The monoisotopic (exact) mass is 380 g/mol. The molecular weight excluding hydrogens is 360 g/mol. The molecule has 5 nitrogen and oxygen atoms in total. The van der Waals surface area contributed by atoms with Gasteiger partial charge in [0, 0.05) is 27.8 Å². The van der Waals surface area contributed by atoms with Crippen molar-refractivity contribution in [2.45, 2.75) is 38.7 Å². The third-order valence-electron chi connectivity index (χ3n) is 5.39. The molecule has 0 aliphatic carbocycles. The predicted octanol–water partition coefficient (Wildman–Crippen LogP) is 4.43. The molecule has 0 saturated carbocycles. The van der Waals surface area contributed by atoms with Gasteiger partial charge in [-0.05, 0) is 30.7 Å². The van der Waals surface area contributed by atoms with E-state index in [-0.39, 0.29) is 11.7 Å². The van der Waals surface area contributed by atoms with Gasteiger partial charge in [0.2, 0.25) is 0 Å². The molecule has 1 fully saturated rings. The van der Waals surface area contributed by atoms with Crippen LogP contribution in [-0.2, 0) is 21.6 Å². The number of carbonyl (C=O) groups excluding carboxylic acids is 1. The number of rotatable bonds is 2. The van der Waals surface area contributed by atoms with Crippen molar-refractivity contribution in [3.8, 4) is 22.9 Å². The maximum absolute atomic E-state index is 12.7. The van der Waals surface area contributed by atoms with Crippen LogP contribution in [-0.4, -0.2) is 18.3 Å². The molecule has 3 heterocycles. The molecule has 2 aromatic rings. The van der Waals surface area contributed by atoms with Crippen LogP contribution in [0.3, 0.4) is 0 Å². The van der Waals surface area contributed by atoms with E-state index in [1.54, 1.807) is 17.4 Å². The predicted molar refractivity (Wildman–Crippen MR) is 103 cm³/mol. The Balaban J connectivity index is 1.75. The summed E-state index contributed by atoms with van der Waals surface area (Å²) < 4.78 is 11.5. The SMILES string of the molecule is CCC1C(=N)OC[C@](C)(c2cc3c(s2)COc2ccc(C#N)cc2-3)CC1=O. The average Bonchev–Trinajstić information content (AvgIpc) is 3.07. The van der Waals surface area contributed by atoms with Gasteiger partial charge < -0.3 is 9.47 Å². The van der Waals surface area contributed by atoms with Gasteiger partial charge in [-0.3, -0.25) is 10.2 Å². The minimum Gasteiger partial charge on any atom is -0.487 e. The number of ketones is 1. The molecule has 0 radical (unpaired) electrons. The molecule has 4 rings (SSSR count). The van der Waals surface area contributed by atoms with Crippen LogP contribution in [0.15, 0.2) is 24.3 Å². The summed E-state index contributed by atoms with van der Waals surface area (Å²) in [6, 6.07) is 9.72. The third-order valence-corrected chi connectivity index (χ3v) is 6.80. The lowest BCUT2D eigenvalue weighted by atomic mass is 9.81. The summed E-state index contributed by atoms with van der Waals surface area (Å²) in [4.78, 5) is 14.8. The van der Waals surface area contributed by atoms with E-state index in [4.69, 9.17) is 14.9 Å². The van der Waals surface area contributed by atoms with Crippen LogP contribution < -0.4 is 4.74 Å². The maximum atomic E-state index is 12.7. The molecule has 0 bridgehead atoms. The first-order valence-electron chi connectivity index (χ1n) is 8.99. The van der Waals surface area contributed by atoms with Crippen molar-refractivity contribution in [3.05, 3.63) is 39.6 Å². The van der Waals surface area contributed by atoms with Gasteiger partial charge in [-0.2, -0.15) is 5.26 Å². The lowest BCUT2D eigenvalue weighted by Crippen LogP contribution is -2.28. The average molecular weight is 380 g/mol. The van der Waals surface area contributed by atoms with E-state index >= 15 is 0 Å². The summed E-state index contributed by atoms with van der Waals surface area (Å²) in [5.41, 5.74) is 2.11. The normalized spacial score (nSPS) is 24.1. The molecule has 138 valence electrons. The maximum Gasteiger partial charge on any atom is 0.191 e. The molecular formula is C21H20N2O3S. The number of fused-ring (bicyclic) bond motifs is 3. The fraction of sp³-hybridized carbons (Fsp3) is 0.381. The molecule has 6 heteroatoms. The van der Waals surface area contributed by atoms with Crippen LogP contribution in [0.2, 0.25) is 0 Å². The third kappa shape index (κ3) is 2.92. The highest BCUT2D eigenvalue weighted by Crippen LogP contribution is 2.46. The van der Waals surface area contributed by atoms with Gasteiger partial charge in [0.05, 0.1) is 22.4 Å². The van der Waals surface area contributed by atoms with Crippen LogP contribution in [0, 0.1) is 22.7 Å². The van der Waals surface area contributed by atoms with E-state index in [1.165, 1.54) is 0 Å². The smallest absolute Gasteiger partial charge is 0.191 e. The van der Waals surface area contributed by atoms with E-state index < -0.39 is 11.3 Å². The second-order valence-electron chi connectivity index (χ2n) is 7.38. The van der Waals surface area contributed by atoms with E-state index in [0.29, 0.717) is 31.6 Å². The minimum atomic E-state index is -0.470. The van der Waals surface area contributed by atoms with E-state index in [2.05, 4.69) is 12.1 Å². The molecule has 1 unspecified atom stereocenters. The number of carbonyl (C=O) groups is 1. The zero-order valence-corrected chi connectivity index (χ0v) is 16.1. The summed E-state index contributed by atoms with van der Waals surface area (Å²) in [6.45, 7) is 4.74. The van der Waals surface area contributed by atoms with Gasteiger partial charge in [-0.25, -0.2) is 0 Å². The molecule has 1 aromatic heterocycles. The second kappa shape index (κ2) is 6.50. The van der Waals surface area contributed by atoms with E-state index in [9.17, 15) is 10.1 Å². The molecule has 2 aliphatic heterocycles. The van der Waals surface area contributed by atoms with Crippen molar-refractivity contribution < 1.29 is 14.3 Å². The molecule has 2 atom stereocenters. The molecule has 2 aliphatic rings. The first-order chi connectivity index (χ1) is 12.9. The fourth-order valence-electron chi connectivity index (χ4n) is 3.75. The first-order valence-corrected chi connectivity index (χ1v) is 9.81. The van der Waals surface area contributed by atoms with Crippen molar-refractivity contribution in [3.63, 3.8) is 0 Å². The topological polar surface area (TPSA) is 83.2 Å². The van der Waals surface area contributed by atoms with Gasteiger partial charge >= 0.3 is 0 Å². The Labute approximate surface area is 162 Å². The van der Waals surface area contributed by atoms with Crippen molar-refractivity contribution in [1.29, 1.82) is 10.7 Å². The van der Waals surface area contributed by atoms with Gasteiger partial charge in [0.25, 0.3) is 0 Å². The van der Waals surface area contributed by atoms with Crippen molar-refractivity contribution in [2.75, 3.05) is 6.61 Å². The Hall–Kier alpha value is -2.65. The minimum absolute atomic E-state index is 0.0669. The zero-order chi connectivity index (χ0) is 19.2. The van der Waals surface area contributed by atoms with E-state index in [0.717, 1.165) is 26.6 Å². The number of nitriles is 1. The number of nitrogens with one attached hydrogen (secondary N) is 1. The zero-order valence-electron chi connectivity index (χ0n) is 15.3. The number of hydrogen-bond donors (Lipinski definition) is 1. The molecule has 0 amide bonds. The van der Waals surface area contributed by atoms with Crippen LogP contribution >= 0.6 is 11.3 Å². The van der Waals surface area contributed by atoms with Gasteiger partial charge in [0.1, 0.15) is 24.7 Å². The largest absolute Gasteiger partial charge is 0.487 e. The van der Waals surface area contributed by atoms with Crippen molar-refractivity contribution in [2.24, 2.45) is 5.92 Å². The quantitative estimate of drug-likeness (QED) is 0.835. The van der Waals surface area contributed by atoms with Gasteiger partial charge in [-0.15, -0.1) is 11.3 Å². The van der Waals surface area contributed by atoms with Crippen LogP contribution in [0.5, 0.6) is 5.75 Å². The number of benzene rings is 1. The van der Waals surface area contributed by atoms with Crippen molar-refractivity contribution >= 4 is 23.0 Å². The second-order valence-corrected chi connectivity index (χ2v) is 8.51. The van der Waals surface area contributed by atoms with Crippen LogP contribution in [0.25, 0.3) is 11.1 Å². The molecule has 0 spiro atoms. The number of ether oxygens (including phenoxy) is 2. The molecule has 1 aromatic carbocycles. The summed E-state index contributed by atoms with van der Waals surface area (Å²) in [5.74, 6) is 0.484. The Morgan fingerprint density at radius 3 is 2.89 bits per heavy atom. The first kappa shape index (κ1) is 17.7. The standard InChI is InChI=1S/C21H20N2O3S/c1-3-13-16(24)8-21(2,11-26-20(13)23)19-7-15-14-6-12(9-22)4-5-17(14)25-10-18(15)27-19/h4-7,13,23H,3,8,10-11H2,1-2H3/t13?,21-/m1/s1. The lowest BCUT2D eigenvalue weighted by Gasteiger charge is -2.24. The number of hydrogen-bond acceptors (Lipinski definition) is 6. The van der Waals surface area contributed by atoms with Crippen molar-refractivity contribution in [1.82, 2.24) is 0 Å². The Morgan fingerprint density at radius 1 is 1.33 bits per heavy atom. The Bertz CT molecular complexity index is 988. The summed E-state index contributed by atoms with van der Waals surface area (Å²) in [6.07, 6.45) is 0.950. The Morgan fingerprint density at radius 2 is 2.15 bits per heavy atom. The highest BCUT2D eigenvalue weighted by molar-refractivity contribution is 7.12. The lowest BCUT2D eigenvalue weighted by molar-refractivity contribution is -0.121. The highest BCUT2D eigenvalue weighted by atomic mass is 32.1.